The molecule has 0 radical (unpaired) electrons. The largest absolute Gasteiger partial charge is 0.397 e. The summed E-state index contributed by atoms with van der Waals surface area (Å²) < 4.78 is 11.1. The normalized spacial score (nSPS) is 13.0. The van der Waals surface area contributed by atoms with Gasteiger partial charge in [-0.25, -0.2) is 0 Å². The third-order valence-corrected chi connectivity index (χ3v) is 7.58. The first kappa shape index (κ1) is 16.8. The summed E-state index contributed by atoms with van der Waals surface area (Å²) in [5, 5.41) is 0. The van der Waals surface area contributed by atoms with Crippen LogP contribution in [0.4, 0.5) is 0 Å². The zero-order chi connectivity index (χ0) is 15.2. The molecule has 0 aliphatic heterocycles. The van der Waals surface area contributed by atoms with Crippen LogP contribution < -0.4 is 0 Å². The van der Waals surface area contributed by atoms with Crippen LogP contribution in [-0.2, 0) is 13.6 Å². The van der Waals surface area contributed by atoms with E-state index in [2.05, 4.69) is 0 Å². The molecule has 5 heteroatoms. The summed E-state index contributed by atoms with van der Waals surface area (Å²) >= 11 is 0. The third-order valence-electron chi connectivity index (χ3n) is 3.46. The summed E-state index contributed by atoms with van der Waals surface area (Å²) in [6.07, 6.45) is 0.805. The standard InChI is InChI=1S/C15H22O4Si/c1-5-11-20(18-3,19-4)15(12(2)16)14(17)13-9-7-6-8-10-13/h6-10,15H,5,11H2,1-4H3. The summed E-state index contributed by atoms with van der Waals surface area (Å²) in [7, 11) is 0.174. The van der Waals surface area contributed by atoms with Crippen molar-refractivity contribution >= 4 is 20.1 Å². The van der Waals surface area contributed by atoms with Gasteiger partial charge < -0.3 is 8.85 Å². The molecule has 0 amide bonds. The Bertz CT molecular complexity index is 454. The van der Waals surface area contributed by atoms with Crippen LogP contribution >= 0.6 is 0 Å². The van der Waals surface area contributed by atoms with Gasteiger partial charge in [0.1, 0.15) is 11.3 Å². The predicted octanol–water partition coefficient (Wildman–Crippen LogP) is 2.97. The van der Waals surface area contributed by atoms with Gasteiger partial charge in [0.25, 0.3) is 0 Å². The van der Waals surface area contributed by atoms with Gasteiger partial charge in [-0.3, -0.25) is 9.59 Å². The summed E-state index contributed by atoms with van der Waals surface area (Å²) in [4.78, 5) is 24.7. The molecule has 0 saturated heterocycles. The third kappa shape index (κ3) is 3.42. The minimum absolute atomic E-state index is 0.192. The van der Waals surface area contributed by atoms with Crippen LogP contribution in [0.3, 0.4) is 0 Å². The molecule has 1 aromatic carbocycles. The molecule has 0 fully saturated rings. The molecular formula is C15H22O4Si. The van der Waals surface area contributed by atoms with Crippen LogP contribution in [0, 0.1) is 0 Å². The predicted molar refractivity (Wildman–Crippen MR) is 80.1 cm³/mol. The molecule has 20 heavy (non-hydrogen) atoms. The fourth-order valence-electron chi connectivity index (χ4n) is 2.48. The molecule has 0 heterocycles. The van der Waals surface area contributed by atoms with Crippen LogP contribution in [0.2, 0.25) is 11.6 Å². The fourth-order valence-corrected chi connectivity index (χ4v) is 5.70. The summed E-state index contributed by atoms with van der Waals surface area (Å²) in [5.41, 5.74) is -0.297. The average molecular weight is 294 g/mol. The maximum absolute atomic E-state index is 12.7. The zero-order valence-corrected chi connectivity index (χ0v) is 13.5. The van der Waals surface area contributed by atoms with Crippen LogP contribution in [0.25, 0.3) is 0 Å². The molecular weight excluding hydrogens is 272 g/mol. The summed E-state index contributed by atoms with van der Waals surface area (Å²) in [6.45, 7) is 3.42. The minimum Gasteiger partial charge on any atom is -0.397 e. The van der Waals surface area contributed by atoms with Crippen molar-refractivity contribution < 1.29 is 18.4 Å². The van der Waals surface area contributed by atoms with Gasteiger partial charge in [0.05, 0.1) is 0 Å². The van der Waals surface area contributed by atoms with E-state index in [4.69, 9.17) is 8.85 Å². The highest BCUT2D eigenvalue weighted by Gasteiger charge is 2.50. The van der Waals surface area contributed by atoms with Crippen molar-refractivity contribution in [3.05, 3.63) is 35.9 Å². The molecule has 4 nitrogen and oxygen atoms in total. The Balaban J connectivity index is 3.22. The maximum atomic E-state index is 12.7. The SMILES string of the molecule is CCC[Si](OC)(OC)C(C(C)=O)C(=O)c1ccccc1. The molecule has 1 atom stereocenters. The van der Waals surface area contributed by atoms with Gasteiger partial charge in [-0.1, -0.05) is 43.7 Å². The van der Waals surface area contributed by atoms with E-state index in [9.17, 15) is 9.59 Å². The maximum Gasteiger partial charge on any atom is 0.356 e. The van der Waals surface area contributed by atoms with Gasteiger partial charge in [0, 0.05) is 19.8 Å². The Hall–Kier alpha value is -1.30. The average Bonchev–Trinajstić information content (AvgIpc) is 2.47. The minimum atomic E-state index is -2.88. The van der Waals surface area contributed by atoms with E-state index < -0.39 is 14.1 Å². The smallest absolute Gasteiger partial charge is 0.356 e. The van der Waals surface area contributed by atoms with Crippen molar-refractivity contribution in [2.24, 2.45) is 0 Å². The number of benzene rings is 1. The van der Waals surface area contributed by atoms with Crippen molar-refractivity contribution in [3.8, 4) is 0 Å². The van der Waals surface area contributed by atoms with Gasteiger partial charge in [0.15, 0.2) is 5.78 Å². The van der Waals surface area contributed by atoms with Gasteiger partial charge in [-0.2, -0.15) is 0 Å². The van der Waals surface area contributed by atoms with Gasteiger partial charge in [-0.05, 0) is 13.0 Å². The number of hydrogen-bond donors (Lipinski definition) is 0. The van der Waals surface area contributed by atoms with Crippen LogP contribution in [0.1, 0.15) is 30.6 Å². The first-order valence-electron chi connectivity index (χ1n) is 6.72. The number of carbonyl (C=O) groups excluding carboxylic acids is 2. The molecule has 0 N–H and O–H groups in total. The van der Waals surface area contributed by atoms with Crippen molar-refractivity contribution in [2.45, 2.75) is 31.9 Å². The van der Waals surface area contributed by atoms with E-state index in [-0.39, 0.29) is 11.6 Å². The van der Waals surface area contributed by atoms with Crippen LogP contribution in [0.15, 0.2) is 30.3 Å². The van der Waals surface area contributed by atoms with Gasteiger partial charge in [-0.15, -0.1) is 0 Å². The lowest BCUT2D eigenvalue weighted by molar-refractivity contribution is -0.116. The Morgan fingerprint density at radius 1 is 1.15 bits per heavy atom. The van der Waals surface area contributed by atoms with E-state index in [1.54, 1.807) is 24.3 Å². The van der Waals surface area contributed by atoms with Crippen LogP contribution in [-0.4, -0.2) is 34.3 Å². The summed E-state index contributed by atoms with van der Waals surface area (Å²) in [5.74, 6) is -0.399. The number of rotatable bonds is 8. The van der Waals surface area contributed by atoms with Crippen molar-refractivity contribution in [1.29, 1.82) is 0 Å². The summed E-state index contributed by atoms with van der Waals surface area (Å²) in [6, 6.07) is 9.45. The topological polar surface area (TPSA) is 52.6 Å². The van der Waals surface area contributed by atoms with E-state index in [1.807, 2.05) is 13.0 Å². The molecule has 0 saturated carbocycles. The monoisotopic (exact) mass is 294 g/mol. The molecule has 1 rings (SSSR count). The second-order valence-corrected chi connectivity index (χ2v) is 8.26. The van der Waals surface area contributed by atoms with Crippen molar-refractivity contribution in [1.82, 2.24) is 0 Å². The van der Waals surface area contributed by atoms with Gasteiger partial charge in [0.2, 0.25) is 0 Å². The second kappa shape index (κ2) is 7.47. The lowest BCUT2D eigenvalue weighted by atomic mass is 10.1. The van der Waals surface area contributed by atoms with Crippen LogP contribution in [0.5, 0.6) is 0 Å². The lowest BCUT2D eigenvalue weighted by Crippen LogP contribution is -2.50. The van der Waals surface area contributed by atoms with E-state index in [0.29, 0.717) is 11.6 Å². The number of carbonyl (C=O) groups is 2. The van der Waals surface area contributed by atoms with E-state index >= 15 is 0 Å². The second-order valence-electron chi connectivity index (χ2n) is 4.74. The highest BCUT2D eigenvalue weighted by molar-refractivity contribution is 6.77. The molecule has 0 aliphatic carbocycles. The molecule has 1 aromatic rings. The molecule has 0 spiro atoms. The van der Waals surface area contributed by atoms with Crippen molar-refractivity contribution in [2.75, 3.05) is 14.2 Å². The first-order chi connectivity index (χ1) is 9.52. The highest BCUT2D eigenvalue weighted by atomic mass is 28.4. The number of Topliss-reactive ketones (excluding diaryl/α,β-unsaturated/α-hetero) is 2. The zero-order valence-electron chi connectivity index (χ0n) is 12.5. The van der Waals surface area contributed by atoms with E-state index in [1.165, 1.54) is 21.1 Å². The van der Waals surface area contributed by atoms with Gasteiger partial charge >= 0.3 is 8.56 Å². The Morgan fingerprint density at radius 3 is 2.10 bits per heavy atom. The highest BCUT2D eigenvalue weighted by Crippen LogP contribution is 2.32. The van der Waals surface area contributed by atoms with Crippen molar-refractivity contribution in [3.63, 3.8) is 0 Å². The molecule has 0 aromatic heterocycles. The number of ketones is 2. The molecule has 110 valence electrons. The quantitative estimate of drug-likeness (QED) is 0.420. The van der Waals surface area contributed by atoms with E-state index in [0.717, 1.165) is 6.42 Å². The lowest BCUT2D eigenvalue weighted by Gasteiger charge is -2.32. The molecule has 0 bridgehead atoms. The fraction of sp³-hybridized carbons (Fsp3) is 0.467. The first-order valence-corrected chi connectivity index (χ1v) is 8.82. The molecule has 1 unspecified atom stereocenters. The Kier molecular flexibility index (Phi) is 6.26. The Morgan fingerprint density at radius 2 is 1.70 bits per heavy atom. The molecule has 0 aliphatic rings. The Labute approximate surface area is 121 Å². The number of hydrogen-bond acceptors (Lipinski definition) is 4.